The Balaban J connectivity index is 2.82. The van der Waals surface area contributed by atoms with E-state index in [2.05, 4.69) is 56.2 Å². The number of carbonyl (C=O) groups is 2. The molecule has 1 fully saturated rings. The van der Waals surface area contributed by atoms with Gasteiger partial charge in [0, 0.05) is 26.1 Å². The molecule has 1 rings (SSSR count). The predicted octanol–water partition coefficient (Wildman–Crippen LogP) is 15.2. The van der Waals surface area contributed by atoms with Crippen LogP contribution in [0.15, 0.2) is 0 Å². The summed E-state index contributed by atoms with van der Waals surface area (Å²) >= 11 is 0. The second kappa shape index (κ2) is 44.6. The van der Waals surface area contributed by atoms with Crippen LogP contribution in [0.2, 0.25) is 0 Å². The lowest BCUT2D eigenvalue weighted by molar-refractivity contribution is -0.155. The van der Waals surface area contributed by atoms with Gasteiger partial charge in [0.1, 0.15) is 12.1 Å². The van der Waals surface area contributed by atoms with Crippen molar-refractivity contribution in [1.82, 2.24) is 19.6 Å². The molecular formula is C56H112N4O3. The number of ether oxygens (including phenoxy) is 1. The molecule has 0 N–H and O–H groups in total. The molecule has 0 saturated carbocycles. The summed E-state index contributed by atoms with van der Waals surface area (Å²) in [6.45, 7) is 22.6. The van der Waals surface area contributed by atoms with Crippen LogP contribution in [0, 0.1) is 0 Å². The average molecular weight is 890 g/mol. The highest BCUT2D eigenvalue weighted by atomic mass is 16.5. The third kappa shape index (κ3) is 34.7. The van der Waals surface area contributed by atoms with Crippen molar-refractivity contribution in [2.45, 2.75) is 285 Å². The minimum atomic E-state index is -0.238. The number of likely N-dealkylation sites (tertiary alicyclic amines) is 1. The molecule has 7 heteroatoms. The normalized spacial score (nSPS) is 14.8. The molecule has 0 bridgehead atoms. The van der Waals surface area contributed by atoms with Gasteiger partial charge >= 0.3 is 5.97 Å². The zero-order valence-electron chi connectivity index (χ0n) is 43.7. The van der Waals surface area contributed by atoms with E-state index >= 15 is 0 Å². The summed E-state index contributed by atoms with van der Waals surface area (Å²) in [4.78, 5) is 37.3. The molecule has 1 aliphatic rings. The highest BCUT2D eigenvalue weighted by Crippen LogP contribution is 2.19. The van der Waals surface area contributed by atoms with Gasteiger partial charge in [-0.1, -0.05) is 227 Å². The monoisotopic (exact) mass is 889 g/mol. The van der Waals surface area contributed by atoms with Crippen LogP contribution < -0.4 is 0 Å². The Hall–Kier alpha value is -1.18. The van der Waals surface area contributed by atoms with Crippen molar-refractivity contribution in [2.75, 3.05) is 65.4 Å². The van der Waals surface area contributed by atoms with Crippen LogP contribution in [0.3, 0.4) is 0 Å². The first-order valence-electron chi connectivity index (χ1n) is 28.6. The van der Waals surface area contributed by atoms with E-state index in [0.717, 1.165) is 52.0 Å². The Morgan fingerprint density at radius 2 is 0.762 bits per heavy atom. The molecule has 0 aliphatic carbocycles. The largest absolute Gasteiger partial charge is 0.459 e. The molecule has 0 aromatic rings. The quantitative estimate of drug-likeness (QED) is 0.0448. The first kappa shape index (κ1) is 59.8. The van der Waals surface area contributed by atoms with Crippen LogP contribution in [-0.2, 0) is 14.3 Å². The van der Waals surface area contributed by atoms with E-state index in [1.54, 1.807) is 0 Å². The van der Waals surface area contributed by atoms with Crippen molar-refractivity contribution < 1.29 is 14.3 Å². The maximum Gasteiger partial charge on any atom is 0.323 e. The molecule has 2 unspecified atom stereocenters. The third-order valence-corrected chi connectivity index (χ3v) is 14.1. The first-order chi connectivity index (χ1) is 30.9. The van der Waals surface area contributed by atoms with Crippen molar-refractivity contribution >= 4 is 11.9 Å². The van der Waals surface area contributed by atoms with Gasteiger partial charge in [0.05, 0.1) is 13.1 Å². The van der Waals surface area contributed by atoms with Crippen LogP contribution in [0.5, 0.6) is 0 Å². The van der Waals surface area contributed by atoms with E-state index in [0.29, 0.717) is 19.6 Å². The van der Waals surface area contributed by atoms with Gasteiger partial charge in [0.25, 0.3) is 0 Å². The summed E-state index contributed by atoms with van der Waals surface area (Å²) in [7, 11) is 0. The van der Waals surface area contributed by atoms with Gasteiger partial charge in [-0.3, -0.25) is 19.4 Å². The lowest BCUT2D eigenvalue weighted by Crippen LogP contribution is -2.44. The first-order valence-corrected chi connectivity index (χ1v) is 28.6. The maximum absolute atomic E-state index is 14.0. The number of rotatable bonds is 48. The van der Waals surface area contributed by atoms with Crippen LogP contribution in [0.1, 0.15) is 273 Å². The Kier molecular flexibility index (Phi) is 42.4. The van der Waals surface area contributed by atoms with E-state index < -0.39 is 0 Å². The van der Waals surface area contributed by atoms with Gasteiger partial charge in [-0.2, -0.15) is 0 Å². The molecule has 0 spiro atoms. The van der Waals surface area contributed by atoms with E-state index in [9.17, 15) is 9.59 Å². The van der Waals surface area contributed by atoms with Crippen LogP contribution >= 0.6 is 0 Å². The Bertz CT molecular complexity index is 960. The minimum absolute atomic E-state index is 0.0947. The number of amides is 1. The van der Waals surface area contributed by atoms with Crippen molar-refractivity contribution in [2.24, 2.45) is 0 Å². The Morgan fingerprint density at radius 1 is 0.444 bits per heavy atom. The number of nitrogens with zero attached hydrogens (tertiary/aromatic N) is 4. The molecule has 0 aromatic heterocycles. The fourth-order valence-electron chi connectivity index (χ4n) is 9.56. The van der Waals surface area contributed by atoms with Gasteiger partial charge in [-0.25, -0.2) is 0 Å². The summed E-state index contributed by atoms with van der Waals surface area (Å²) in [6, 6.07) is -0.238. The highest BCUT2D eigenvalue weighted by molar-refractivity contribution is 5.79. The van der Waals surface area contributed by atoms with E-state index in [4.69, 9.17) is 4.74 Å². The molecule has 1 heterocycles. The van der Waals surface area contributed by atoms with Crippen molar-refractivity contribution in [3.8, 4) is 0 Å². The van der Waals surface area contributed by atoms with Gasteiger partial charge in [0.15, 0.2) is 0 Å². The molecule has 1 aliphatic heterocycles. The lowest BCUT2D eigenvalue weighted by Gasteiger charge is -2.29. The van der Waals surface area contributed by atoms with Crippen molar-refractivity contribution in [3.63, 3.8) is 0 Å². The van der Waals surface area contributed by atoms with E-state index in [1.165, 1.54) is 225 Å². The second-order valence-corrected chi connectivity index (χ2v) is 20.1. The number of unbranched alkanes of at least 4 members (excludes halogenated alkanes) is 30. The molecule has 0 aromatic carbocycles. The molecule has 0 radical (unpaired) electrons. The van der Waals surface area contributed by atoms with Gasteiger partial charge in [-0.15, -0.1) is 0 Å². The lowest BCUT2D eigenvalue weighted by atomic mass is 10.1. The summed E-state index contributed by atoms with van der Waals surface area (Å²) < 4.78 is 6.23. The fraction of sp³-hybridized carbons (Fsp3) is 0.964. The molecule has 2 atom stereocenters. The molecule has 1 amide bonds. The summed E-state index contributed by atoms with van der Waals surface area (Å²) in [5, 5.41) is 0. The SMILES string of the molecule is CCCCCCCCCN(CCCCCCCCC)CCN(CCCCCCCCC)CC(=O)N1CCC(OC(=O)C(C)N(CCCCCCCCC)CCCCCCCCC)C1. The summed E-state index contributed by atoms with van der Waals surface area (Å²) in [5.74, 6) is 0.123. The summed E-state index contributed by atoms with van der Waals surface area (Å²) in [5.41, 5.74) is 0. The Morgan fingerprint density at radius 3 is 1.14 bits per heavy atom. The van der Waals surface area contributed by atoms with Crippen LogP contribution in [0.25, 0.3) is 0 Å². The molecule has 1 saturated heterocycles. The highest BCUT2D eigenvalue weighted by Gasteiger charge is 2.32. The van der Waals surface area contributed by atoms with Crippen LogP contribution in [0.4, 0.5) is 0 Å². The number of hydrogen-bond donors (Lipinski definition) is 0. The van der Waals surface area contributed by atoms with Gasteiger partial charge in [0.2, 0.25) is 5.91 Å². The van der Waals surface area contributed by atoms with E-state index in [-0.39, 0.29) is 24.0 Å². The van der Waals surface area contributed by atoms with Crippen molar-refractivity contribution in [3.05, 3.63) is 0 Å². The zero-order chi connectivity index (χ0) is 45.9. The molecule has 374 valence electrons. The molecule has 7 nitrogen and oxygen atoms in total. The smallest absolute Gasteiger partial charge is 0.323 e. The minimum Gasteiger partial charge on any atom is -0.459 e. The third-order valence-electron chi connectivity index (χ3n) is 14.1. The van der Waals surface area contributed by atoms with Crippen molar-refractivity contribution in [1.29, 1.82) is 0 Å². The topological polar surface area (TPSA) is 56.3 Å². The Labute approximate surface area is 394 Å². The molecule has 63 heavy (non-hydrogen) atoms. The fourth-order valence-corrected chi connectivity index (χ4v) is 9.56. The second-order valence-electron chi connectivity index (χ2n) is 20.1. The van der Waals surface area contributed by atoms with E-state index in [1.807, 2.05) is 4.90 Å². The molecular weight excluding hydrogens is 777 g/mol. The zero-order valence-corrected chi connectivity index (χ0v) is 43.7. The standard InChI is InChI=1S/C56H112N4O3/c1-7-12-17-22-27-32-37-43-57(44-38-33-28-23-18-13-8-2)49-50-58(45-39-34-29-24-19-14-9-3)52-55(61)60-48-42-54(51-60)63-56(62)53(6)59(46-40-35-30-25-20-15-10-4)47-41-36-31-26-21-16-11-5/h53-54H,7-52H2,1-6H3. The van der Waals surface area contributed by atoms with Gasteiger partial charge in [-0.05, 0) is 71.8 Å². The number of hydrogen-bond acceptors (Lipinski definition) is 6. The number of esters is 1. The predicted molar refractivity (Wildman–Crippen MR) is 275 cm³/mol. The average Bonchev–Trinajstić information content (AvgIpc) is 3.76. The number of carbonyl (C=O) groups excluding carboxylic acids is 2. The summed E-state index contributed by atoms with van der Waals surface area (Å²) in [6.07, 6.45) is 46.5. The maximum atomic E-state index is 14.0. The van der Waals surface area contributed by atoms with Gasteiger partial charge < -0.3 is 14.5 Å². The van der Waals surface area contributed by atoms with Crippen LogP contribution in [-0.4, -0.2) is 109 Å².